The van der Waals surface area contributed by atoms with Crippen LogP contribution in [0.5, 0.6) is 0 Å². The molecule has 1 aromatic carbocycles. The Morgan fingerprint density at radius 3 is 2.71 bits per heavy atom. The van der Waals surface area contributed by atoms with E-state index in [9.17, 15) is 23.1 Å². The van der Waals surface area contributed by atoms with E-state index in [2.05, 4.69) is 15.7 Å². The number of nitrogens with zero attached hydrogens (tertiary/aromatic N) is 2. The number of anilines is 1. The van der Waals surface area contributed by atoms with E-state index in [4.69, 9.17) is 0 Å². The molecule has 0 unspecified atom stereocenters. The molecular weight excluding hydrogens is 325 g/mol. The van der Waals surface area contributed by atoms with Crippen LogP contribution in [0.2, 0.25) is 0 Å². The van der Waals surface area contributed by atoms with Gasteiger partial charge in [0.2, 0.25) is 0 Å². The Bertz CT molecular complexity index is 728. The van der Waals surface area contributed by atoms with Crippen molar-refractivity contribution in [2.45, 2.75) is 19.2 Å². The van der Waals surface area contributed by atoms with Crippen LogP contribution >= 0.6 is 0 Å². The molecule has 0 spiro atoms. The largest absolute Gasteiger partial charge is 0.416 e. The zero-order chi connectivity index (χ0) is 17.9. The molecule has 1 atom stereocenters. The van der Waals surface area contributed by atoms with Gasteiger partial charge in [-0.25, -0.2) is 4.79 Å². The second kappa shape index (κ2) is 6.91. The standard InChI is InChI=1S/C15H17F3N4O2/c1-9-3-4-11(5-12(9)15(16,17)18)21-14(24)19-7-13(23)10-6-20-22(2)8-10/h3-6,8,13,23H,7H2,1-2H3,(H2,19,21,24)/t13-/m0/s1. The number of hydrogen-bond acceptors (Lipinski definition) is 3. The fourth-order valence-corrected chi connectivity index (χ4v) is 2.10. The van der Waals surface area contributed by atoms with Crippen LogP contribution in [-0.2, 0) is 13.2 Å². The second-order valence-electron chi connectivity index (χ2n) is 5.33. The number of alkyl halides is 3. The van der Waals surface area contributed by atoms with Gasteiger partial charge in [0, 0.05) is 31.0 Å². The lowest BCUT2D eigenvalue weighted by atomic mass is 10.1. The Labute approximate surface area is 136 Å². The van der Waals surface area contributed by atoms with Crippen molar-refractivity contribution >= 4 is 11.7 Å². The van der Waals surface area contributed by atoms with Gasteiger partial charge in [0.15, 0.2) is 0 Å². The molecule has 0 saturated heterocycles. The highest BCUT2D eigenvalue weighted by molar-refractivity contribution is 5.89. The fourth-order valence-electron chi connectivity index (χ4n) is 2.10. The van der Waals surface area contributed by atoms with E-state index in [1.54, 1.807) is 13.2 Å². The Balaban J connectivity index is 1.95. The average molecular weight is 342 g/mol. The molecule has 0 aliphatic rings. The smallest absolute Gasteiger partial charge is 0.386 e. The van der Waals surface area contributed by atoms with Gasteiger partial charge in [0.05, 0.1) is 17.9 Å². The Morgan fingerprint density at radius 1 is 1.42 bits per heavy atom. The molecule has 0 fully saturated rings. The summed E-state index contributed by atoms with van der Waals surface area (Å²) in [4.78, 5) is 11.8. The lowest BCUT2D eigenvalue weighted by Gasteiger charge is -2.14. The molecule has 0 saturated carbocycles. The van der Waals surface area contributed by atoms with Gasteiger partial charge < -0.3 is 15.7 Å². The highest BCUT2D eigenvalue weighted by Gasteiger charge is 2.32. The molecule has 24 heavy (non-hydrogen) atoms. The molecule has 6 nitrogen and oxygen atoms in total. The van der Waals surface area contributed by atoms with Crippen molar-refractivity contribution in [2.24, 2.45) is 7.05 Å². The lowest BCUT2D eigenvalue weighted by molar-refractivity contribution is -0.138. The third-order valence-electron chi connectivity index (χ3n) is 3.37. The van der Waals surface area contributed by atoms with Crippen molar-refractivity contribution in [3.8, 4) is 0 Å². The van der Waals surface area contributed by atoms with E-state index in [1.165, 1.54) is 29.9 Å². The van der Waals surface area contributed by atoms with Gasteiger partial charge >= 0.3 is 12.2 Å². The molecule has 0 aliphatic heterocycles. The molecular formula is C15H17F3N4O2. The summed E-state index contributed by atoms with van der Waals surface area (Å²) in [6, 6.07) is 2.81. The number of rotatable bonds is 4. The summed E-state index contributed by atoms with van der Waals surface area (Å²) < 4.78 is 40.0. The summed E-state index contributed by atoms with van der Waals surface area (Å²) in [7, 11) is 1.69. The van der Waals surface area contributed by atoms with Crippen LogP contribution in [0.15, 0.2) is 30.6 Å². The Hall–Kier alpha value is -2.55. The molecule has 9 heteroatoms. The van der Waals surface area contributed by atoms with Crippen molar-refractivity contribution in [1.29, 1.82) is 0 Å². The summed E-state index contributed by atoms with van der Waals surface area (Å²) in [5.41, 5.74) is -0.204. The monoisotopic (exact) mass is 342 g/mol. The number of hydrogen-bond donors (Lipinski definition) is 3. The summed E-state index contributed by atoms with van der Waals surface area (Å²) in [5.74, 6) is 0. The molecule has 2 aromatic rings. The van der Waals surface area contributed by atoms with E-state index in [1.807, 2.05) is 0 Å². The van der Waals surface area contributed by atoms with Gasteiger partial charge in [0.1, 0.15) is 0 Å². The molecule has 1 aromatic heterocycles. The molecule has 1 heterocycles. The van der Waals surface area contributed by atoms with E-state index in [0.717, 1.165) is 6.07 Å². The van der Waals surface area contributed by atoms with E-state index in [0.29, 0.717) is 5.56 Å². The first-order valence-electron chi connectivity index (χ1n) is 7.06. The molecule has 0 bridgehead atoms. The van der Waals surface area contributed by atoms with Crippen LogP contribution in [0.3, 0.4) is 0 Å². The van der Waals surface area contributed by atoms with Gasteiger partial charge in [0.25, 0.3) is 0 Å². The van der Waals surface area contributed by atoms with Crippen molar-refractivity contribution in [2.75, 3.05) is 11.9 Å². The highest BCUT2D eigenvalue weighted by Crippen LogP contribution is 2.33. The normalized spacial score (nSPS) is 12.8. The quantitative estimate of drug-likeness (QED) is 0.799. The molecule has 0 aliphatic carbocycles. The Morgan fingerprint density at radius 2 is 2.12 bits per heavy atom. The van der Waals surface area contributed by atoms with E-state index < -0.39 is 23.9 Å². The van der Waals surface area contributed by atoms with Crippen molar-refractivity contribution in [3.05, 3.63) is 47.3 Å². The number of aliphatic hydroxyl groups excluding tert-OH is 1. The molecule has 3 N–H and O–H groups in total. The van der Waals surface area contributed by atoms with Crippen molar-refractivity contribution in [3.63, 3.8) is 0 Å². The number of halogens is 3. The first-order valence-corrected chi connectivity index (χ1v) is 7.06. The van der Waals surface area contributed by atoms with Gasteiger partial charge in [-0.2, -0.15) is 18.3 Å². The third kappa shape index (κ3) is 4.48. The van der Waals surface area contributed by atoms with Crippen LogP contribution in [0.4, 0.5) is 23.7 Å². The zero-order valence-electron chi connectivity index (χ0n) is 13.1. The van der Waals surface area contributed by atoms with Gasteiger partial charge in [-0.3, -0.25) is 4.68 Å². The maximum absolute atomic E-state index is 12.8. The summed E-state index contributed by atoms with van der Waals surface area (Å²) in [6.07, 6.45) is -2.40. The number of benzene rings is 1. The molecule has 130 valence electrons. The number of aryl methyl sites for hydroxylation is 2. The minimum Gasteiger partial charge on any atom is -0.386 e. The minimum atomic E-state index is -4.49. The van der Waals surface area contributed by atoms with Crippen LogP contribution in [0.25, 0.3) is 0 Å². The van der Waals surface area contributed by atoms with Crippen molar-refractivity contribution in [1.82, 2.24) is 15.1 Å². The first-order chi connectivity index (χ1) is 11.2. The van der Waals surface area contributed by atoms with Crippen LogP contribution in [0, 0.1) is 6.92 Å². The molecule has 0 radical (unpaired) electrons. The maximum atomic E-state index is 12.8. The molecule has 2 rings (SSSR count). The SMILES string of the molecule is Cc1ccc(NC(=O)NC[C@H](O)c2cnn(C)c2)cc1C(F)(F)F. The molecule has 2 amide bonds. The lowest BCUT2D eigenvalue weighted by Crippen LogP contribution is -2.32. The summed E-state index contributed by atoms with van der Waals surface area (Å²) in [6.45, 7) is 1.24. The van der Waals surface area contributed by atoms with Crippen LogP contribution in [-0.4, -0.2) is 27.5 Å². The van der Waals surface area contributed by atoms with Gasteiger partial charge in [-0.05, 0) is 24.6 Å². The second-order valence-corrected chi connectivity index (χ2v) is 5.33. The third-order valence-corrected chi connectivity index (χ3v) is 3.37. The Kier molecular flexibility index (Phi) is 5.13. The van der Waals surface area contributed by atoms with E-state index >= 15 is 0 Å². The number of nitrogens with one attached hydrogen (secondary N) is 2. The minimum absolute atomic E-state index is 0.0151. The number of urea groups is 1. The summed E-state index contributed by atoms with van der Waals surface area (Å²) >= 11 is 0. The average Bonchev–Trinajstić information content (AvgIpc) is 2.92. The predicted octanol–water partition coefficient (Wildman–Crippen LogP) is 2.60. The van der Waals surface area contributed by atoms with Crippen LogP contribution < -0.4 is 10.6 Å². The van der Waals surface area contributed by atoms with Gasteiger partial charge in [-0.15, -0.1) is 0 Å². The fraction of sp³-hybridized carbons (Fsp3) is 0.333. The topological polar surface area (TPSA) is 79.2 Å². The first kappa shape index (κ1) is 17.8. The number of aromatic nitrogens is 2. The van der Waals surface area contributed by atoms with Gasteiger partial charge in [-0.1, -0.05) is 6.07 Å². The maximum Gasteiger partial charge on any atom is 0.416 e. The summed E-state index contributed by atoms with van der Waals surface area (Å²) in [5, 5.41) is 18.5. The highest BCUT2D eigenvalue weighted by atomic mass is 19.4. The van der Waals surface area contributed by atoms with Crippen LogP contribution in [0.1, 0.15) is 22.8 Å². The number of aliphatic hydroxyl groups is 1. The number of amides is 2. The zero-order valence-corrected chi connectivity index (χ0v) is 13.1. The number of carbonyl (C=O) groups excluding carboxylic acids is 1. The number of carbonyl (C=O) groups is 1. The predicted molar refractivity (Wildman–Crippen MR) is 81.4 cm³/mol. The van der Waals surface area contributed by atoms with E-state index in [-0.39, 0.29) is 17.8 Å². The van der Waals surface area contributed by atoms with Crippen molar-refractivity contribution < 1.29 is 23.1 Å².